The van der Waals surface area contributed by atoms with E-state index >= 15 is 0 Å². The Morgan fingerprint density at radius 3 is 2.81 bits per heavy atom. The highest BCUT2D eigenvalue weighted by molar-refractivity contribution is 5.95. The van der Waals surface area contributed by atoms with Crippen molar-refractivity contribution in [1.82, 2.24) is 5.32 Å². The molecule has 1 amide bonds. The van der Waals surface area contributed by atoms with Crippen LogP contribution in [-0.2, 0) is 11.3 Å². The number of anilines is 1. The van der Waals surface area contributed by atoms with E-state index in [1.54, 1.807) is 19.2 Å². The van der Waals surface area contributed by atoms with Crippen molar-refractivity contribution >= 4 is 11.6 Å². The fraction of sp³-hybridized carbons (Fsp3) is 0.350. The number of nitrogens with zero attached hydrogens (tertiary/aromatic N) is 1. The van der Waals surface area contributed by atoms with Crippen molar-refractivity contribution < 1.29 is 18.3 Å². The van der Waals surface area contributed by atoms with Gasteiger partial charge in [-0.25, -0.2) is 8.78 Å². The molecule has 0 spiro atoms. The van der Waals surface area contributed by atoms with Crippen LogP contribution < -0.4 is 10.2 Å². The number of hydrogen-bond donors (Lipinski definition) is 1. The molecule has 1 fully saturated rings. The molecule has 0 aromatic heterocycles. The number of carbonyl (C=O) groups is 1. The molecule has 1 aliphatic heterocycles. The minimum Gasteiger partial charge on any atom is -0.380 e. The van der Waals surface area contributed by atoms with Gasteiger partial charge in [0.1, 0.15) is 0 Å². The predicted octanol–water partition coefficient (Wildman–Crippen LogP) is 3.37. The van der Waals surface area contributed by atoms with E-state index in [2.05, 4.69) is 5.32 Å². The number of carbonyl (C=O) groups excluding carboxylic acids is 1. The number of halogens is 2. The molecule has 1 N–H and O–H groups in total. The molecule has 0 radical (unpaired) electrons. The van der Waals surface area contributed by atoms with Gasteiger partial charge in [0.05, 0.1) is 6.61 Å². The molecule has 3 rings (SSSR count). The van der Waals surface area contributed by atoms with Crippen molar-refractivity contribution in [2.75, 3.05) is 31.6 Å². The molecule has 2 aromatic rings. The van der Waals surface area contributed by atoms with Gasteiger partial charge < -0.3 is 15.0 Å². The topological polar surface area (TPSA) is 41.6 Å². The quantitative estimate of drug-likeness (QED) is 0.859. The van der Waals surface area contributed by atoms with E-state index in [1.807, 2.05) is 23.1 Å². The number of nitrogens with one attached hydrogen (secondary N) is 1. The zero-order chi connectivity index (χ0) is 18.5. The van der Waals surface area contributed by atoms with Crippen LogP contribution in [0.3, 0.4) is 0 Å². The fourth-order valence-electron chi connectivity index (χ4n) is 3.27. The van der Waals surface area contributed by atoms with Gasteiger partial charge >= 0.3 is 0 Å². The van der Waals surface area contributed by atoms with Crippen molar-refractivity contribution in [3.8, 4) is 0 Å². The normalized spacial score (nSPS) is 16.7. The third-order valence-electron chi connectivity index (χ3n) is 4.67. The third kappa shape index (κ3) is 4.19. The van der Waals surface area contributed by atoms with E-state index in [0.717, 1.165) is 24.6 Å². The maximum Gasteiger partial charge on any atom is 0.251 e. The molecule has 0 unspecified atom stereocenters. The lowest BCUT2D eigenvalue weighted by Crippen LogP contribution is -2.31. The number of ether oxygens (including phenoxy) is 1. The maximum absolute atomic E-state index is 13.4. The minimum atomic E-state index is -0.841. The van der Waals surface area contributed by atoms with Gasteiger partial charge in [-0.3, -0.25) is 4.79 Å². The number of benzene rings is 2. The molecule has 1 saturated heterocycles. The van der Waals surface area contributed by atoms with Gasteiger partial charge in [-0.05, 0) is 36.1 Å². The molecule has 0 bridgehead atoms. The highest BCUT2D eigenvalue weighted by Crippen LogP contribution is 2.25. The van der Waals surface area contributed by atoms with Crippen LogP contribution in [0.5, 0.6) is 0 Å². The summed E-state index contributed by atoms with van der Waals surface area (Å²) in [6.45, 7) is 2.38. The molecule has 0 saturated carbocycles. The molecule has 138 valence electrons. The first-order valence-corrected chi connectivity index (χ1v) is 8.63. The largest absolute Gasteiger partial charge is 0.380 e. The predicted molar refractivity (Wildman–Crippen MR) is 96.2 cm³/mol. The van der Waals surface area contributed by atoms with Crippen molar-refractivity contribution in [3.05, 3.63) is 65.2 Å². The Morgan fingerprint density at radius 2 is 2.04 bits per heavy atom. The number of hydrogen-bond acceptors (Lipinski definition) is 3. The van der Waals surface area contributed by atoms with Crippen LogP contribution in [0.25, 0.3) is 0 Å². The Balaban J connectivity index is 1.56. The molecule has 6 heteroatoms. The van der Waals surface area contributed by atoms with Gasteiger partial charge in [-0.2, -0.15) is 0 Å². The van der Waals surface area contributed by atoms with Gasteiger partial charge in [0.25, 0.3) is 5.91 Å². The average Bonchev–Trinajstić information content (AvgIpc) is 3.12. The molecule has 1 heterocycles. The van der Waals surface area contributed by atoms with E-state index in [9.17, 15) is 13.6 Å². The summed E-state index contributed by atoms with van der Waals surface area (Å²) >= 11 is 0. The first-order chi connectivity index (χ1) is 12.6. The van der Waals surface area contributed by atoms with E-state index in [4.69, 9.17) is 4.74 Å². The molecule has 4 nitrogen and oxygen atoms in total. The maximum atomic E-state index is 13.4. The van der Waals surface area contributed by atoms with E-state index < -0.39 is 11.6 Å². The summed E-state index contributed by atoms with van der Waals surface area (Å²) in [7, 11) is 1.60. The Hall–Kier alpha value is -2.47. The Kier molecular flexibility index (Phi) is 5.83. The lowest BCUT2D eigenvalue weighted by Gasteiger charge is -2.19. The van der Waals surface area contributed by atoms with Crippen LogP contribution in [0.1, 0.15) is 22.3 Å². The highest BCUT2D eigenvalue weighted by Gasteiger charge is 2.24. The summed E-state index contributed by atoms with van der Waals surface area (Å²) < 4.78 is 31.6. The van der Waals surface area contributed by atoms with Crippen molar-refractivity contribution in [3.63, 3.8) is 0 Å². The standard InChI is InChI=1S/C20H22F2N2O2/c1-26-13-15-4-2-3-5-17(15)20(25)23-11-14-8-9-24(12-14)16-6-7-18(21)19(22)10-16/h2-7,10,14H,8-9,11-13H2,1H3,(H,23,25)/t14-/m0/s1. The monoisotopic (exact) mass is 360 g/mol. The van der Waals surface area contributed by atoms with E-state index in [1.165, 1.54) is 6.07 Å². The Labute approximate surface area is 151 Å². The van der Waals surface area contributed by atoms with Crippen molar-refractivity contribution in [1.29, 1.82) is 0 Å². The lowest BCUT2D eigenvalue weighted by molar-refractivity contribution is 0.0943. The summed E-state index contributed by atoms with van der Waals surface area (Å²) in [6.07, 6.45) is 0.888. The van der Waals surface area contributed by atoms with Crippen LogP contribution in [0.15, 0.2) is 42.5 Å². The van der Waals surface area contributed by atoms with Crippen LogP contribution >= 0.6 is 0 Å². The van der Waals surface area contributed by atoms with Gasteiger partial charge in [0.2, 0.25) is 0 Å². The van der Waals surface area contributed by atoms with Gasteiger partial charge in [-0.15, -0.1) is 0 Å². The Morgan fingerprint density at radius 1 is 1.23 bits per heavy atom. The van der Waals surface area contributed by atoms with E-state index in [-0.39, 0.29) is 11.8 Å². The second-order valence-electron chi connectivity index (χ2n) is 6.50. The molecule has 0 aliphatic carbocycles. The molecular formula is C20H22F2N2O2. The van der Waals surface area contributed by atoms with Crippen LogP contribution in [0.2, 0.25) is 0 Å². The van der Waals surface area contributed by atoms with Crippen LogP contribution in [0, 0.1) is 17.6 Å². The van der Waals surface area contributed by atoms with Crippen molar-refractivity contribution in [2.24, 2.45) is 5.92 Å². The summed E-state index contributed by atoms with van der Waals surface area (Å²) in [5.41, 5.74) is 2.13. The average molecular weight is 360 g/mol. The fourth-order valence-corrected chi connectivity index (χ4v) is 3.27. The first kappa shape index (κ1) is 18.3. The zero-order valence-corrected chi connectivity index (χ0v) is 14.7. The minimum absolute atomic E-state index is 0.121. The number of rotatable bonds is 6. The second kappa shape index (κ2) is 8.27. The molecule has 26 heavy (non-hydrogen) atoms. The SMILES string of the molecule is COCc1ccccc1C(=O)NC[C@@H]1CCN(c2ccc(F)c(F)c2)C1. The molecule has 1 aliphatic rings. The number of methoxy groups -OCH3 is 1. The van der Waals surface area contributed by atoms with Gasteiger partial charge in [0.15, 0.2) is 11.6 Å². The summed E-state index contributed by atoms with van der Waals surface area (Å²) in [4.78, 5) is 14.5. The van der Waals surface area contributed by atoms with Gasteiger partial charge in [-0.1, -0.05) is 18.2 Å². The first-order valence-electron chi connectivity index (χ1n) is 8.63. The van der Waals surface area contributed by atoms with Crippen molar-refractivity contribution in [2.45, 2.75) is 13.0 Å². The molecule has 2 aromatic carbocycles. The highest BCUT2D eigenvalue weighted by atomic mass is 19.2. The summed E-state index contributed by atoms with van der Waals surface area (Å²) in [5.74, 6) is -1.54. The van der Waals surface area contributed by atoms with E-state index in [0.29, 0.717) is 30.9 Å². The second-order valence-corrected chi connectivity index (χ2v) is 6.50. The Bertz CT molecular complexity index is 782. The third-order valence-corrected chi connectivity index (χ3v) is 4.67. The van der Waals surface area contributed by atoms with Crippen LogP contribution in [-0.4, -0.2) is 32.7 Å². The lowest BCUT2D eigenvalue weighted by atomic mass is 10.1. The zero-order valence-electron chi connectivity index (χ0n) is 14.7. The van der Waals surface area contributed by atoms with Gasteiger partial charge in [0, 0.05) is 44.1 Å². The van der Waals surface area contributed by atoms with Crippen LogP contribution in [0.4, 0.5) is 14.5 Å². The number of amides is 1. The summed E-state index contributed by atoms with van der Waals surface area (Å²) in [6, 6.07) is 11.3. The summed E-state index contributed by atoms with van der Waals surface area (Å²) in [5, 5.41) is 2.98. The molecule has 1 atom stereocenters. The molecular weight excluding hydrogens is 338 g/mol. The smallest absolute Gasteiger partial charge is 0.251 e.